The molecule has 1 amide bonds. The zero-order valence-corrected chi connectivity index (χ0v) is 15.2. The number of nitrogens with two attached hydrogens (primary N) is 2. The van der Waals surface area contributed by atoms with Crippen LogP contribution in [0.3, 0.4) is 0 Å². The van der Waals surface area contributed by atoms with Crippen molar-refractivity contribution in [3.05, 3.63) is 59.7 Å². The van der Waals surface area contributed by atoms with E-state index in [1.807, 2.05) is 30.3 Å². The molecule has 5 N–H and O–H groups in total. The molecule has 0 aliphatic rings. The summed E-state index contributed by atoms with van der Waals surface area (Å²) in [6.07, 6.45) is 2.77. The highest BCUT2D eigenvalue weighted by Crippen LogP contribution is 2.28. The molecule has 0 fully saturated rings. The first-order chi connectivity index (χ1) is 12.2. The molecule has 8 heteroatoms. The average molecular weight is 372 g/mol. The van der Waals surface area contributed by atoms with Gasteiger partial charge in [-0.05, 0) is 41.8 Å². The average Bonchev–Trinajstić information content (AvgIpc) is 2.53. The predicted molar refractivity (Wildman–Crippen MR) is 105 cm³/mol. The number of amides is 1. The predicted octanol–water partition coefficient (Wildman–Crippen LogP) is 1.93. The van der Waals surface area contributed by atoms with Gasteiger partial charge in [0.15, 0.2) is 5.96 Å². The second-order valence-corrected chi connectivity index (χ2v) is 7.46. The van der Waals surface area contributed by atoms with E-state index >= 15 is 0 Å². The van der Waals surface area contributed by atoms with Crippen LogP contribution in [0.5, 0.6) is 0 Å². The van der Waals surface area contributed by atoms with Crippen LogP contribution in [0, 0.1) is 0 Å². The number of benzene rings is 2. The Labute approximate surface area is 152 Å². The summed E-state index contributed by atoms with van der Waals surface area (Å²) < 4.78 is 25.3. The van der Waals surface area contributed by atoms with Crippen LogP contribution in [-0.4, -0.2) is 26.5 Å². The van der Waals surface area contributed by atoms with Gasteiger partial charge in [0.05, 0.1) is 6.26 Å². The number of sulfonamides is 1. The molecule has 2 aromatic rings. The van der Waals surface area contributed by atoms with E-state index < -0.39 is 15.9 Å². The summed E-state index contributed by atoms with van der Waals surface area (Å²) in [5.41, 5.74) is 13.7. The molecule has 0 saturated carbocycles. The van der Waals surface area contributed by atoms with Crippen LogP contribution in [0.2, 0.25) is 0 Å². The van der Waals surface area contributed by atoms with Crippen molar-refractivity contribution in [2.75, 3.05) is 11.0 Å². The highest BCUT2D eigenvalue weighted by Gasteiger charge is 2.09. The summed E-state index contributed by atoms with van der Waals surface area (Å²) >= 11 is 0. The number of hydrogen-bond donors (Lipinski definition) is 3. The van der Waals surface area contributed by atoms with Gasteiger partial charge in [-0.2, -0.15) is 4.99 Å². The SMILES string of the molecule is CC(=Cc1ccccc1-c1cccc(NS(C)(=O)=O)c1)C(=O)N=C(N)N. The normalized spacial score (nSPS) is 11.7. The van der Waals surface area contributed by atoms with Crippen molar-refractivity contribution in [2.45, 2.75) is 6.92 Å². The van der Waals surface area contributed by atoms with Gasteiger partial charge in [-0.25, -0.2) is 8.42 Å². The molecular formula is C18H20N4O3S. The highest BCUT2D eigenvalue weighted by molar-refractivity contribution is 7.92. The summed E-state index contributed by atoms with van der Waals surface area (Å²) in [5.74, 6) is -0.817. The van der Waals surface area contributed by atoms with Gasteiger partial charge in [0, 0.05) is 11.3 Å². The third-order valence-electron chi connectivity index (χ3n) is 3.38. The lowest BCUT2D eigenvalue weighted by atomic mass is 9.98. The van der Waals surface area contributed by atoms with Crippen LogP contribution < -0.4 is 16.2 Å². The van der Waals surface area contributed by atoms with E-state index in [1.54, 1.807) is 31.2 Å². The van der Waals surface area contributed by atoms with Crippen molar-refractivity contribution in [3.8, 4) is 11.1 Å². The van der Waals surface area contributed by atoms with Crippen LogP contribution in [0.4, 0.5) is 5.69 Å². The number of nitrogens with zero attached hydrogens (tertiary/aromatic N) is 1. The molecule has 0 radical (unpaired) electrons. The molecule has 0 bridgehead atoms. The number of rotatable bonds is 5. The van der Waals surface area contributed by atoms with E-state index in [4.69, 9.17) is 11.5 Å². The lowest BCUT2D eigenvalue weighted by molar-refractivity contribution is -0.114. The third kappa shape index (κ3) is 5.45. The van der Waals surface area contributed by atoms with Gasteiger partial charge in [-0.1, -0.05) is 36.4 Å². The van der Waals surface area contributed by atoms with Crippen molar-refractivity contribution in [2.24, 2.45) is 16.5 Å². The largest absolute Gasteiger partial charge is 0.370 e. The Balaban J connectivity index is 2.46. The molecule has 0 heterocycles. The van der Waals surface area contributed by atoms with Crippen molar-refractivity contribution in [1.82, 2.24) is 0 Å². The quantitative estimate of drug-likeness (QED) is 0.420. The standard InChI is InChI=1S/C18H20N4O3S/c1-12(17(23)21-18(19)20)10-13-6-3-4-9-16(13)14-7-5-8-15(11-14)22-26(2,24)25/h3-11,22H,1-2H3,(H4,19,20,21,23). The summed E-state index contributed by atoms with van der Waals surface area (Å²) in [6, 6.07) is 14.4. The Morgan fingerprint density at radius 3 is 2.46 bits per heavy atom. The minimum absolute atomic E-state index is 0.296. The van der Waals surface area contributed by atoms with Crippen LogP contribution in [0.15, 0.2) is 59.1 Å². The van der Waals surface area contributed by atoms with E-state index in [-0.39, 0.29) is 5.96 Å². The zero-order chi connectivity index (χ0) is 19.3. The maximum absolute atomic E-state index is 11.9. The molecule has 0 aliphatic heterocycles. The van der Waals surface area contributed by atoms with Crippen LogP contribution in [0.25, 0.3) is 17.2 Å². The van der Waals surface area contributed by atoms with Gasteiger partial charge < -0.3 is 11.5 Å². The van der Waals surface area contributed by atoms with E-state index in [1.165, 1.54) is 0 Å². The minimum atomic E-state index is -3.37. The second kappa shape index (κ2) is 7.83. The fourth-order valence-electron chi connectivity index (χ4n) is 2.35. The molecule has 2 rings (SSSR count). The number of guanidine groups is 1. The molecule has 2 aromatic carbocycles. The van der Waals surface area contributed by atoms with Gasteiger partial charge in [0.1, 0.15) is 0 Å². The Morgan fingerprint density at radius 1 is 1.12 bits per heavy atom. The van der Waals surface area contributed by atoms with Crippen LogP contribution >= 0.6 is 0 Å². The van der Waals surface area contributed by atoms with Crippen LogP contribution in [0.1, 0.15) is 12.5 Å². The first-order valence-electron chi connectivity index (χ1n) is 7.65. The fraction of sp³-hybridized carbons (Fsp3) is 0.111. The molecule has 0 aromatic heterocycles. The Bertz CT molecular complexity index is 991. The van der Waals surface area contributed by atoms with Gasteiger partial charge in [0.2, 0.25) is 10.0 Å². The number of carbonyl (C=O) groups is 1. The fourth-order valence-corrected chi connectivity index (χ4v) is 2.91. The number of carbonyl (C=O) groups excluding carboxylic acids is 1. The van der Waals surface area contributed by atoms with Gasteiger partial charge >= 0.3 is 0 Å². The third-order valence-corrected chi connectivity index (χ3v) is 3.98. The molecule has 0 unspecified atom stereocenters. The van der Waals surface area contributed by atoms with Gasteiger partial charge in [0.25, 0.3) is 5.91 Å². The number of hydrogen-bond acceptors (Lipinski definition) is 3. The molecule has 0 saturated heterocycles. The Hall–Kier alpha value is -3.13. The van der Waals surface area contributed by atoms with E-state index in [0.717, 1.165) is 22.9 Å². The highest BCUT2D eigenvalue weighted by atomic mass is 32.2. The van der Waals surface area contributed by atoms with Crippen molar-refractivity contribution >= 4 is 33.7 Å². The zero-order valence-electron chi connectivity index (χ0n) is 14.4. The molecule has 0 aliphatic carbocycles. The summed E-state index contributed by atoms with van der Waals surface area (Å²) in [7, 11) is -3.37. The molecule has 26 heavy (non-hydrogen) atoms. The van der Waals surface area contributed by atoms with E-state index in [9.17, 15) is 13.2 Å². The topological polar surface area (TPSA) is 128 Å². The van der Waals surface area contributed by atoms with Crippen molar-refractivity contribution in [3.63, 3.8) is 0 Å². The summed E-state index contributed by atoms with van der Waals surface area (Å²) in [5, 5.41) is 0. The molecular weight excluding hydrogens is 352 g/mol. The monoisotopic (exact) mass is 372 g/mol. The first-order valence-corrected chi connectivity index (χ1v) is 9.54. The maximum Gasteiger partial charge on any atom is 0.275 e. The number of aliphatic imine (C=N–C) groups is 1. The van der Waals surface area contributed by atoms with Crippen LogP contribution in [-0.2, 0) is 14.8 Å². The minimum Gasteiger partial charge on any atom is -0.370 e. The van der Waals surface area contributed by atoms with E-state index in [2.05, 4.69) is 9.71 Å². The molecule has 136 valence electrons. The summed E-state index contributed by atoms with van der Waals surface area (Å²) in [6.45, 7) is 1.62. The lowest BCUT2D eigenvalue weighted by Gasteiger charge is -2.10. The summed E-state index contributed by atoms with van der Waals surface area (Å²) in [4.78, 5) is 15.4. The molecule has 0 spiro atoms. The second-order valence-electron chi connectivity index (χ2n) is 5.71. The number of anilines is 1. The maximum atomic E-state index is 11.9. The van der Waals surface area contributed by atoms with Crippen molar-refractivity contribution in [1.29, 1.82) is 0 Å². The molecule has 7 nitrogen and oxygen atoms in total. The van der Waals surface area contributed by atoms with Gasteiger partial charge in [-0.3, -0.25) is 9.52 Å². The van der Waals surface area contributed by atoms with E-state index in [0.29, 0.717) is 11.3 Å². The smallest absolute Gasteiger partial charge is 0.275 e. The Kier molecular flexibility index (Phi) is 5.78. The van der Waals surface area contributed by atoms with Crippen molar-refractivity contribution < 1.29 is 13.2 Å². The first kappa shape index (κ1) is 19.2. The Morgan fingerprint density at radius 2 is 1.81 bits per heavy atom. The number of nitrogens with one attached hydrogen (secondary N) is 1. The molecule has 0 atom stereocenters. The van der Waals surface area contributed by atoms with Gasteiger partial charge in [-0.15, -0.1) is 0 Å². The lowest BCUT2D eigenvalue weighted by Crippen LogP contribution is -2.24.